The van der Waals surface area contributed by atoms with Crippen LogP contribution in [0.2, 0.25) is 0 Å². The number of benzene rings is 1. The molecule has 1 N–H and O–H groups in total. The highest BCUT2D eigenvalue weighted by molar-refractivity contribution is 5.78. The average Bonchev–Trinajstić information content (AvgIpc) is 3.38. The lowest BCUT2D eigenvalue weighted by molar-refractivity contribution is -0.130. The maximum Gasteiger partial charge on any atom is 0.318 e. The van der Waals surface area contributed by atoms with Crippen molar-refractivity contribution < 1.29 is 14.0 Å². The van der Waals surface area contributed by atoms with E-state index in [9.17, 15) is 9.59 Å². The van der Waals surface area contributed by atoms with E-state index in [2.05, 4.69) is 5.32 Å². The zero-order valence-corrected chi connectivity index (χ0v) is 15.1. The molecule has 1 aromatic heterocycles. The molecule has 2 aliphatic rings. The zero-order chi connectivity index (χ0) is 18.1. The lowest BCUT2D eigenvalue weighted by Gasteiger charge is -2.39. The van der Waals surface area contributed by atoms with Crippen molar-refractivity contribution in [1.29, 1.82) is 0 Å². The van der Waals surface area contributed by atoms with Crippen LogP contribution in [0.25, 0.3) is 11.0 Å². The minimum absolute atomic E-state index is 0.0524. The summed E-state index contributed by atoms with van der Waals surface area (Å²) in [6, 6.07) is 10.2. The van der Waals surface area contributed by atoms with E-state index in [1.165, 1.54) is 0 Å². The molecule has 1 aliphatic carbocycles. The van der Waals surface area contributed by atoms with Crippen LogP contribution in [0.4, 0.5) is 4.79 Å². The standard InChI is InChI=1S/C20H25N3O3/c1-14(24)22-10-4-6-17(13-22)23(16-8-9-16)20(25)21-12-18-11-15-5-2-3-7-19(15)26-18/h2-3,5,7,11,16-17H,4,6,8-10,12-13H2,1H3,(H,21,25). The number of hydrogen-bond acceptors (Lipinski definition) is 3. The Bertz CT molecular complexity index is 778. The normalized spacial score (nSPS) is 20.2. The van der Waals surface area contributed by atoms with E-state index in [4.69, 9.17) is 4.42 Å². The Kier molecular flexibility index (Phi) is 4.57. The van der Waals surface area contributed by atoms with Gasteiger partial charge in [-0.05, 0) is 37.8 Å². The number of hydrogen-bond donors (Lipinski definition) is 1. The van der Waals surface area contributed by atoms with Crippen LogP contribution in [-0.2, 0) is 11.3 Å². The van der Waals surface area contributed by atoms with Gasteiger partial charge in [-0.15, -0.1) is 0 Å². The summed E-state index contributed by atoms with van der Waals surface area (Å²) in [5.41, 5.74) is 0.833. The van der Waals surface area contributed by atoms with Gasteiger partial charge in [-0.3, -0.25) is 4.79 Å². The van der Waals surface area contributed by atoms with Crippen LogP contribution >= 0.6 is 0 Å². The van der Waals surface area contributed by atoms with Crippen LogP contribution in [0.15, 0.2) is 34.7 Å². The second kappa shape index (κ2) is 7.02. The fourth-order valence-corrected chi connectivity index (χ4v) is 3.83. The molecule has 6 heteroatoms. The lowest BCUT2D eigenvalue weighted by Crippen LogP contribution is -2.54. The molecule has 2 fully saturated rings. The molecule has 1 saturated carbocycles. The molecular formula is C20H25N3O3. The molecule has 26 heavy (non-hydrogen) atoms. The predicted octanol–water partition coefficient (Wildman–Crippen LogP) is 3.12. The van der Waals surface area contributed by atoms with Gasteiger partial charge in [0, 0.05) is 31.4 Å². The SMILES string of the molecule is CC(=O)N1CCCC(N(C(=O)NCc2cc3ccccc3o2)C2CC2)C1. The number of urea groups is 1. The molecule has 0 bridgehead atoms. The molecule has 0 radical (unpaired) electrons. The van der Waals surface area contributed by atoms with Gasteiger partial charge in [-0.2, -0.15) is 0 Å². The molecule has 0 spiro atoms. The molecule has 1 saturated heterocycles. The second-order valence-corrected chi connectivity index (χ2v) is 7.31. The maximum atomic E-state index is 12.9. The molecular weight excluding hydrogens is 330 g/mol. The molecule has 6 nitrogen and oxygen atoms in total. The number of fused-ring (bicyclic) bond motifs is 1. The minimum Gasteiger partial charge on any atom is -0.459 e. The molecule has 3 amide bonds. The van der Waals surface area contributed by atoms with Crippen LogP contribution in [-0.4, -0.2) is 46.9 Å². The number of amides is 3. The number of para-hydroxylation sites is 1. The van der Waals surface area contributed by atoms with Gasteiger partial charge in [0.05, 0.1) is 12.6 Å². The van der Waals surface area contributed by atoms with Crippen molar-refractivity contribution in [3.63, 3.8) is 0 Å². The van der Waals surface area contributed by atoms with Crippen LogP contribution in [0, 0.1) is 0 Å². The highest BCUT2D eigenvalue weighted by Crippen LogP contribution is 2.31. The van der Waals surface area contributed by atoms with Crippen molar-refractivity contribution in [2.24, 2.45) is 0 Å². The quantitative estimate of drug-likeness (QED) is 0.916. The molecule has 2 aromatic rings. The van der Waals surface area contributed by atoms with Crippen molar-refractivity contribution in [2.75, 3.05) is 13.1 Å². The summed E-state index contributed by atoms with van der Waals surface area (Å²) in [5, 5.41) is 4.05. The third kappa shape index (κ3) is 3.54. The minimum atomic E-state index is -0.0524. The lowest BCUT2D eigenvalue weighted by atomic mass is 10.0. The monoisotopic (exact) mass is 355 g/mol. The largest absolute Gasteiger partial charge is 0.459 e. The Morgan fingerprint density at radius 1 is 1.23 bits per heavy atom. The van der Waals surface area contributed by atoms with E-state index in [1.807, 2.05) is 40.1 Å². The molecule has 4 rings (SSSR count). The molecule has 2 heterocycles. The van der Waals surface area contributed by atoms with Gasteiger partial charge in [0.25, 0.3) is 0 Å². The maximum absolute atomic E-state index is 12.9. The first-order chi connectivity index (χ1) is 12.6. The van der Waals surface area contributed by atoms with Gasteiger partial charge >= 0.3 is 6.03 Å². The van der Waals surface area contributed by atoms with Crippen LogP contribution < -0.4 is 5.32 Å². The number of furan rings is 1. The summed E-state index contributed by atoms with van der Waals surface area (Å²) >= 11 is 0. The van der Waals surface area contributed by atoms with Crippen molar-refractivity contribution in [2.45, 2.75) is 51.2 Å². The highest BCUT2D eigenvalue weighted by Gasteiger charge is 2.39. The van der Waals surface area contributed by atoms with E-state index in [-0.39, 0.29) is 18.0 Å². The number of nitrogens with one attached hydrogen (secondary N) is 1. The topological polar surface area (TPSA) is 65.8 Å². The van der Waals surface area contributed by atoms with Crippen LogP contribution in [0.5, 0.6) is 0 Å². The summed E-state index contributed by atoms with van der Waals surface area (Å²) < 4.78 is 5.78. The number of carbonyl (C=O) groups is 2. The Hall–Kier alpha value is -2.50. The van der Waals surface area contributed by atoms with Gasteiger partial charge < -0.3 is 19.5 Å². The second-order valence-electron chi connectivity index (χ2n) is 7.31. The van der Waals surface area contributed by atoms with Gasteiger partial charge in [0.15, 0.2) is 0 Å². The first-order valence-corrected chi connectivity index (χ1v) is 9.41. The van der Waals surface area contributed by atoms with E-state index in [0.29, 0.717) is 19.1 Å². The first-order valence-electron chi connectivity index (χ1n) is 9.41. The Labute approximate surface area is 153 Å². The fourth-order valence-electron chi connectivity index (χ4n) is 3.83. The van der Waals surface area contributed by atoms with E-state index < -0.39 is 0 Å². The van der Waals surface area contributed by atoms with Gasteiger partial charge in [0.2, 0.25) is 5.91 Å². The summed E-state index contributed by atoms with van der Waals surface area (Å²) in [5.74, 6) is 0.845. The van der Waals surface area contributed by atoms with E-state index >= 15 is 0 Å². The fraction of sp³-hybridized carbons (Fsp3) is 0.500. The number of likely N-dealkylation sites (tertiary alicyclic amines) is 1. The number of rotatable bonds is 4. The summed E-state index contributed by atoms with van der Waals surface area (Å²) in [6.45, 7) is 3.42. The van der Waals surface area contributed by atoms with Gasteiger partial charge in [-0.1, -0.05) is 18.2 Å². The van der Waals surface area contributed by atoms with Crippen LogP contribution in [0.1, 0.15) is 38.4 Å². The third-order valence-corrected chi connectivity index (χ3v) is 5.30. The summed E-state index contributed by atoms with van der Waals surface area (Å²) in [4.78, 5) is 28.4. The number of carbonyl (C=O) groups excluding carboxylic acids is 2. The number of nitrogens with zero attached hydrogens (tertiary/aromatic N) is 2. The molecule has 1 unspecified atom stereocenters. The molecule has 1 aliphatic heterocycles. The van der Waals surface area contributed by atoms with Crippen molar-refractivity contribution in [3.05, 3.63) is 36.1 Å². The van der Waals surface area contributed by atoms with Crippen molar-refractivity contribution in [3.8, 4) is 0 Å². The average molecular weight is 355 g/mol. The van der Waals surface area contributed by atoms with Gasteiger partial charge in [0.1, 0.15) is 11.3 Å². The smallest absolute Gasteiger partial charge is 0.318 e. The van der Waals surface area contributed by atoms with E-state index in [0.717, 1.165) is 49.0 Å². The van der Waals surface area contributed by atoms with Crippen molar-refractivity contribution >= 4 is 22.9 Å². The Morgan fingerprint density at radius 3 is 2.77 bits per heavy atom. The predicted molar refractivity (Wildman–Crippen MR) is 98.6 cm³/mol. The summed E-state index contributed by atoms with van der Waals surface area (Å²) in [6.07, 6.45) is 4.01. The van der Waals surface area contributed by atoms with E-state index in [1.54, 1.807) is 6.92 Å². The molecule has 1 aromatic carbocycles. The highest BCUT2D eigenvalue weighted by atomic mass is 16.3. The Morgan fingerprint density at radius 2 is 2.04 bits per heavy atom. The van der Waals surface area contributed by atoms with Gasteiger partial charge in [-0.25, -0.2) is 4.79 Å². The molecule has 1 atom stereocenters. The Balaban J connectivity index is 1.41. The summed E-state index contributed by atoms with van der Waals surface area (Å²) in [7, 11) is 0. The zero-order valence-electron chi connectivity index (χ0n) is 15.1. The van der Waals surface area contributed by atoms with Crippen LogP contribution in [0.3, 0.4) is 0 Å². The molecule has 138 valence electrons. The third-order valence-electron chi connectivity index (χ3n) is 5.30. The number of piperidine rings is 1. The first kappa shape index (κ1) is 16.9. The van der Waals surface area contributed by atoms with Crippen molar-refractivity contribution in [1.82, 2.24) is 15.1 Å².